The van der Waals surface area contributed by atoms with Gasteiger partial charge in [0.1, 0.15) is 5.75 Å². The van der Waals surface area contributed by atoms with Gasteiger partial charge in [-0.1, -0.05) is 12.5 Å². The number of hydrogen-bond acceptors (Lipinski definition) is 7. The van der Waals surface area contributed by atoms with Crippen molar-refractivity contribution in [2.24, 2.45) is 0 Å². The first-order valence-corrected chi connectivity index (χ1v) is 11.3. The number of pyridine rings is 1. The molecule has 0 saturated carbocycles. The smallest absolute Gasteiger partial charge is 0.213 e. The van der Waals surface area contributed by atoms with Gasteiger partial charge in [0.2, 0.25) is 5.88 Å². The summed E-state index contributed by atoms with van der Waals surface area (Å²) >= 11 is 0. The number of anilines is 1. The van der Waals surface area contributed by atoms with Gasteiger partial charge < -0.3 is 20.1 Å². The second kappa shape index (κ2) is 8.74. The Bertz CT molecular complexity index is 1080. The lowest BCUT2D eigenvalue weighted by Crippen LogP contribution is -2.54. The van der Waals surface area contributed by atoms with E-state index in [0.717, 1.165) is 29.8 Å². The molecule has 2 aromatic heterocycles. The molecule has 1 unspecified atom stereocenters. The van der Waals surface area contributed by atoms with E-state index < -0.39 is 0 Å². The summed E-state index contributed by atoms with van der Waals surface area (Å²) in [6.45, 7) is 0. The van der Waals surface area contributed by atoms with Crippen LogP contribution in [-0.4, -0.2) is 52.6 Å². The van der Waals surface area contributed by atoms with E-state index in [0.29, 0.717) is 35.3 Å². The first-order chi connectivity index (χ1) is 15.6. The topological polar surface area (TPSA) is 83.4 Å². The number of fused-ring (bicyclic) bond motifs is 2. The number of aromatic nitrogens is 3. The summed E-state index contributed by atoms with van der Waals surface area (Å²) in [5.74, 6) is 1.58. The number of methoxy groups -OCH3 is 1. The van der Waals surface area contributed by atoms with Crippen LogP contribution in [0, 0.1) is 0 Å². The van der Waals surface area contributed by atoms with Gasteiger partial charge in [0.15, 0.2) is 5.82 Å². The summed E-state index contributed by atoms with van der Waals surface area (Å²) in [5.41, 5.74) is 3.12. The van der Waals surface area contributed by atoms with E-state index in [1.165, 1.54) is 19.3 Å². The minimum absolute atomic E-state index is 0.167. The van der Waals surface area contributed by atoms with Crippen LogP contribution in [0.3, 0.4) is 0 Å². The lowest BCUT2D eigenvalue weighted by molar-refractivity contribution is 0.219. The minimum Gasteiger partial charge on any atom is -0.507 e. The van der Waals surface area contributed by atoms with Crippen molar-refractivity contribution in [1.82, 2.24) is 20.5 Å². The number of phenolic OH excluding ortho intramolecular Hbond substituents is 1. The highest BCUT2D eigenvalue weighted by molar-refractivity contribution is 5.74. The van der Waals surface area contributed by atoms with Gasteiger partial charge in [0.25, 0.3) is 0 Å². The number of aromatic hydroxyl groups is 1. The Morgan fingerprint density at radius 3 is 2.47 bits per heavy atom. The molecule has 0 amide bonds. The van der Waals surface area contributed by atoms with Gasteiger partial charge in [-0.2, -0.15) is 0 Å². The predicted octanol–water partition coefficient (Wildman–Crippen LogP) is 4.03. The maximum atomic E-state index is 10.7. The second-order valence-electron chi connectivity index (χ2n) is 8.82. The van der Waals surface area contributed by atoms with Crippen molar-refractivity contribution >= 4 is 5.82 Å². The largest absolute Gasteiger partial charge is 0.507 e. The summed E-state index contributed by atoms with van der Waals surface area (Å²) in [4.78, 5) is 6.40. The number of piperidine rings is 2. The van der Waals surface area contributed by atoms with Gasteiger partial charge in [0.05, 0.1) is 12.8 Å². The van der Waals surface area contributed by atoms with Crippen LogP contribution in [0.5, 0.6) is 11.6 Å². The average Bonchev–Trinajstić information content (AvgIpc) is 2.83. The molecule has 2 aliphatic rings. The molecular formula is C25H29N5O2. The fraction of sp³-hybridized carbons (Fsp3) is 0.400. The number of nitrogens with one attached hydrogen (secondary N) is 1. The highest BCUT2D eigenvalue weighted by atomic mass is 16.5. The molecule has 3 atom stereocenters. The van der Waals surface area contributed by atoms with Gasteiger partial charge in [-0.3, -0.25) is 0 Å². The Hall–Kier alpha value is -3.19. The molecule has 0 radical (unpaired) electrons. The van der Waals surface area contributed by atoms with E-state index >= 15 is 0 Å². The Labute approximate surface area is 188 Å². The summed E-state index contributed by atoms with van der Waals surface area (Å²) in [5, 5.41) is 23.3. The van der Waals surface area contributed by atoms with Crippen LogP contribution in [0.4, 0.5) is 5.82 Å². The van der Waals surface area contributed by atoms with Crippen molar-refractivity contribution in [3.8, 4) is 34.0 Å². The highest BCUT2D eigenvalue weighted by Crippen LogP contribution is 2.34. The van der Waals surface area contributed by atoms with Crippen molar-refractivity contribution < 1.29 is 9.84 Å². The van der Waals surface area contributed by atoms with Gasteiger partial charge in [-0.05, 0) is 67.1 Å². The van der Waals surface area contributed by atoms with Crippen molar-refractivity contribution in [1.29, 1.82) is 0 Å². The molecule has 2 fully saturated rings. The number of hydrogen-bond donors (Lipinski definition) is 2. The molecule has 2 aliphatic heterocycles. The monoisotopic (exact) mass is 431 g/mol. The van der Waals surface area contributed by atoms with Crippen molar-refractivity contribution in [3.63, 3.8) is 0 Å². The zero-order valence-electron chi connectivity index (χ0n) is 18.5. The average molecular weight is 432 g/mol. The normalized spacial score (nSPS) is 22.4. The Morgan fingerprint density at radius 2 is 1.78 bits per heavy atom. The number of ether oxygens (including phenoxy) is 1. The molecule has 2 saturated heterocycles. The second-order valence-corrected chi connectivity index (χ2v) is 8.82. The maximum Gasteiger partial charge on any atom is 0.213 e. The lowest BCUT2D eigenvalue weighted by Gasteiger charge is -2.43. The molecule has 0 aliphatic carbocycles. The zero-order valence-corrected chi connectivity index (χ0v) is 18.5. The molecule has 3 aromatic rings. The zero-order chi connectivity index (χ0) is 22.1. The molecule has 32 heavy (non-hydrogen) atoms. The summed E-state index contributed by atoms with van der Waals surface area (Å²) in [6.07, 6.45) is 7.87. The Morgan fingerprint density at radius 1 is 1.00 bits per heavy atom. The van der Waals surface area contributed by atoms with E-state index in [4.69, 9.17) is 4.74 Å². The molecule has 2 bridgehead atoms. The highest BCUT2D eigenvalue weighted by Gasteiger charge is 2.33. The molecule has 166 valence electrons. The summed E-state index contributed by atoms with van der Waals surface area (Å²) < 4.78 is 5.20. The van der Waals surface area contributed by atoms with Gasteiger partial charge >= 0.3 is 0 Å². The fourth-order valence-corrected chi connectivity index (χ4v) is 5.02. The van der Waals surface area contributed by atoms with Gasteiger partial charge in [-0.25, -0.2) is 4.98 Å². The van der Waals surface area contributed by atoms with Crippen LogP contribution in [0.25, 0.3) is 22.4 Å². The van der Waals surface area contributed by atoms with Crippen molar-refractivity contribution in [2.45, 2.75) is 50.2 Å². The van der Waals surface area contributed by atoms with E-state index in [1.54, 1.807) is 19.4 Å². The van der Waals surface area contributed by atoms with Crippen LogP contribution < -0.4 is 15.0 Å². The number of nitrogens with zero attached hydrogens (tertiary/aromatic N) is 4. The van der Waals surface area contributed by atoms with Crippen LogP contribution in [0.15, 0.2) is 48.7 Å². The van der Waals surface area contributed by atoms with Crippen LogP contribution in [-0.2, 0) is 0 Å². The fourth-order valence-electron chi connectivity index (χ4n) is 5.02. The van der Waals surface area contributed by atoms with Crippen molar-refractivity contribution in [2.75, 3.05) is 19.1 Å². The number of phenols is 1. The molecule has 2 N–H and O–H groups in total. The first-order valence-electron chi connectivity index (χ1n) is 11.3. The molecule has 7 heteroatoms. The standard InChI is InChI=1S/C25H29N5O2/c1-30(20-14-18-4-3-5-19(15-20)27-18)24-9-8-22(28-29-24)21-7-6-16(12-23(21)31)17-10-11-26-25(13-17)32-2/h6-13,18-20,27,31H,3-5,14-15H2,1-2H3/t18-,19+,20?. The third-order valence-corrected chi connectivity index (χ3v) is 6.80. The SMILES string of the molecule is COc1cc(-c2ccc(-c3ccc(N(C)C4C[C@H]5CCC[C@@H](C4)N5)nn3)c(O)c2)ccn1. The molecule has 4 heterocycles. The van der Waals surface area contributed by atoms with E-state index in [9.17, 15) is 5.11 Å². The van der Waals surface area contributed by atoms with Crippen LogP contribution in [0.1, 0.15) is 32.1 Å². The van der Waals surface area contributed by atoms with Crippen LogP contribution >= 0.6 is 0 Å². The molecule has 7 nitrogen and oxygen atoms in total. The molecule has 5 rings (SSSR count). The summed E-state index contributed by atoms with van der Waals surface area (Å²) in [6, 6.07) is 15.0. The molecular weight excluding hydrogens is 402 g/mol. The lowest BCUT2D eigenvalue weighted by atomic mass is 9.83. The maximum absolute atomic E-state index is 10.7. The van der Waals surface area contributed by atoms with Crippen LogP contribution in [0.2, 0.25) is 0 Å². The third-order valence-electron chi connectivity index (χ3n) is 6.80. The van der Waals surface area contributed by atoms with Crippen molar-refractivity contribution in [3.05, 3.63) is 48.7 Å². The Kier molecular flexibility index (Phi) is 5.66. The van der Waals surface area contributed by atoms with E-state index in [1.807, 2.05) is 36.4 Å². The first kappa shape index (κ1) is 20.7. The summed E-state index contributed by atoms with van der Waals surface area (Å²) in [7, 11) is 3.70. The molecule has 1 aromatic carbocycles. The quantitative estimate of drug-likeness (QED) is 0.631. The van der Waals surface area contributed by atoms with Gasteiger partial charge in [-0.15, -0.1) is 10.2 Å². The molecule has 0 spiro atoms. The number of benzene rings is 1. The predicted molar refractivity (Wildman–Crippen MR) is 125 cm³/mol. The minimum atomic E-state index is 0.167. The number of rotatable bonds is 5. The van der Waals surface area contributed by atoms with Gasteiger partial charge in [0, 0.05) is 43.0 Å². The Balaban J connectivity index is 1.33. The van der Waals surface area contributed by atoms with E-state index in [-0.39, 0.29) is 5.75 Å². The van der Waals surface area contributed by atoms with E-state index in [2.05, 4.69) is 32.4 Å². The third kappa shape index (κ3) is 4.12.